The summed E-state index contributed by atoms with van der Waals surface area (Å²) >= 11 is 0. The van der Waals surface area contributed by atoms with E-state index < -0.39 is 9.84 Å². The van der Waals surface area contributed by atoms with Crippen molar-refractivity contribution in [3.8, 4) is 11.5 Å². The smallest absolute Gasteiger partial charge is 0.175 e. The predicted molar refractivity (Wildman–Crippen MR) is 122 cm³/mol. The van der Waals surface area contributed by atoms with Gasteiger partial charge in [-0.15, -0.1) is 0 Å². The quantitative estimate of drug-likeness (QED) is 0.445. The summed E-state index contributed by atoms with van der Waals surface area (Å²) in [5.74, 6) is 0.680. The summed E-state index contributed by atoms with van der Waals surface area (Å²) < 4.78 is 29.2. The lowest BCUT2D eigenvalue weighted by atomic mass is 9.81. The van der Waals surface area contributed by atoms with E-state index in [0.717, 1.165) is 11.8 Å². The summed E-state index contributed by atoms with van der Waals surface area (Å²) in [6, 6.07) is 13.5. The Kier molecular flexibility index (Phi) is 7.35. The number of carbonyl (C=O) groups is 1. The van der Waals surface area contributed by atoms with Gasteiger partial charge in [0.2, 0.25) is 0 Å². The lowest BCUT2D eigenvalue weighted by Crippen LogP contribution is -2.23. The maximum Gasteiger partial charge on any atom is 0.175 e. The van der Waals surface area contributed by atoms with E-state index in [9.17, 15) is 18.3 Å². The van der Waals surface area contributed by atoms with E-state index in [1.54, 1.807) is 31.2 Å². The molecule has 1 aliphatic rings. The third-order valence-electron chi connectivity index (χ3n) is 5.19. The number of ketones is 1. The van der Waals surface area contributed by atoms with E-state index in [2.05, 4.69) is 5.16 Å². The Labute approximate surface area is 188 Å². The van der Waals surface area contributed by atoms with Gasteiger partial charge in [-0.25, -0.2) is 8.42 Å². The molecule has 0 aliphatic heterocycles. The monoisotopic (exact) mass is 457 g/mol. The van der Waals surface area contributed by atoms with Crippen LogP contribution in [0.15, 0.2) is 69.9 Å². The first-order valence-corrected chi connectivity index (χ1v) is 12.3. The molecule has 1 unspecified atom stereocenters. The Bertz CT molecular complexity index is 1150. The first-order chi connectivity index (χ1) is 15.2. The Morgan fingerprint density at radius 3 is 2.41 bits per heavy atom. The van der Waals surface area contributed by atoms with Gasteiger partial charge in [0, 0.05) is 19.1 Å². The molecule has 0 radical (unpaired) electrons. The van der Waals surface area contributed by atoms with Gasteiger partial charge in [-0.05, 0) is 55.2 Å². The number of allylic oxidation sites excluding steroid dienone is 2. The number of nitrogens with zero attached hydrogens (tertiary/aromatic N) is 1. The van der Waals surface area contributed by atoms with Gasteiger partial charge in [0.25, 0.3) is 0 Å². The summed E-state index contributed by atoms with van der Waals surface area (Å²) in [5.41, 5.74) is 1.64. The molecular formula is C24H27NO6S. The van der Waals surface area contributed by atoms with Crippen molar-refractivity contribution < 1.29 is 27.9 Å². The number of rotatable bonds is 8. The molecule has 0 aromatic heterocycles. The van der Waals surface area contributed by atoms with Crippen LogP contribution in [0.5, 0.6) is 11.5 Å². The number of Topliss-reactive ketones (excluding diaryl/α,β-unsaturated/α-hetero) is 1. The molecule has 0 amide bonds. The summed E-state index contributed by atoms with van der Waals surface area (Å²) in [6.45, 7) is 4.06. The Balaban J connectivity index is 1.75. The third-order valence-corrected chi connectivity index (χ3v) is 6.30. The second-order valence-electron chi connectivity index (χ2n) is 7.58. The minimum absolute atomic E-state index is 0.0319. The van der Waals surface area contributed by atoms with Crippen LogP contribution in [0.25, 0.3) is 0 Å². The van der Waals surface area contributed by atoms with Gasteiger partial charge in [0.15, 0.2) is 15.6 Å². The molecule has 0 bridgehead atoms. The molecule has 0 fully saturated rings. The predicted octanol–water partition coefficient (Wildman–Crippen LogP) is 4.94. The first-order valence-electron chi connectivity index (χ1n) is 10.4. The van der Waals surface area contributed by atoms with Crippen LogP contribution in [0, 0.1) is 0 Å². The van der Waals surface area contributed by atoms with Crippen LogP contribution < -0.4 is 4.74 Å². The molecule has 0 saturated heterocycles. The Hall–Kier alpha value is -3.13. The lowest BCUT2D eigenvalue weighted by molar-refractivity contribution is -0.116. The molecule has 8 heteroatoms. The molecule has 0 heterocycles. The number of carbonyl (C=O) groups excluding carboxylic acids is 1. The van der Waals surface area contributed by atoms with Gasteiger partial charge in [0.05, 0.1) is 16.2 Å². The van der Waals surface area contributed by atoms with E-state index in [1.165, 1.54) is 12.1 Å². The largest absolute Gasteiger partial charge is 0.511 e. The van der Waals surface area contributed by atoms with Gasteiger partial charge in [0.1, 0.15) is 23.9 Å². The molecule has 32 heavy (non-hydrogen) atoms. The summed E-state index contributed by atoms with van der Waals surface area (Å²) in [5, 5.41) is 14.5. The van der Waals surface area contributed by atoms with E-state index in [-0.39, 0.29) is 34.3 Å². The normalized spacial score (nSPS) is 17.4. The van der Waals surface area contributed by atoms with Crippen LogP contribution in [-0.4, -0.2) is 37.9 Å². The summed E-state index contributed by atoms with van der Waals surface area (Å²) in [4.78, 5) is 18.0. The van der Waals surface area contributed by atoms with Gasteiger partial charge >= 0.3 is 0 Å². The summed E-state index contributed by atoms with van der Waals surface area (Å²) in [7, 11) is -3.32. The van der Waals surface area contributed by atoms with Gasteiger partial charge < -0.3 is 14.7 Å². The standard InChI is InChI=1S/C24H27NO6S/c1-4-21(25-30-5-2)24-22(26)13-17(14-23(24)27)16-9-11-18(12-10-16)31-19-7-6-8-20(15-19)32(3,28)29/h6-12,15,17,26H,4-5,13-14H2,1-3H3/b25-21-. The van der Waals surface area contributed by atoms with Gasteiger partial charge in [-0.2, -0.15) is 0 Å². The highest BCUT2D eigenvalue weighted by molar-refractivity contribution is 7.90. The molecule has 0 spiro atoms. The molecule has 1 N–H and O–H groups in total. The number of hydrogen-bond donors (Lipinski definition) is 1. The Morgan fingerprint density at radius 1 is 1.09 bits per heavy atom. The average Bonchev–Trinajstić information content (AvgIpc) is 2.75. The highest BCUT2D eigenvalue weighted by Gasteiger charge is 2.31. The summed E-state index contributed by atoms with van der Waals surface area (Å²) in [6.07, 6.45) is 2.24. The minimum Gasteiger partial charge on any atom is -0.511 e. The molecule has 0 saturated carbocycles. The van der Waals surface area contributed by atoms with Crippen LogP contribution in [0.4, 0.5) is 0 Å². The molecule has 1 aliphatic carbocycles. The van der Waals surface area contributed by atoms with Crippen molar-refractivity contribution in [2.75, 3.05) is 12.9 Å². The van der Waals surface area contributed by atoms with Crippen LogP contribution in [0.2, 0.25) is 0 Å². The van der Waals surface area contributed by atoms with Crippen LogP contribution >= 0.6 is 0 Å². The van der Waals surface area contributed by atoms with Crippen molar-refractivity contribution in [1.29, 1.82) is 0 Å². The van der Waals surface area contributed by atoms with E-state index in [0.29, 0.717) is 36.7 Å². The van der Waals surface area contributed by atoms with Crippen molar-refractivity contribution in [1.82, 2.24) is 0 Å². The Morgan fingerprint density at radius 2 is 1.81 bits per heavy atom. The molecule has 1 atom stereocenters. The number of oxime groups is 1. The van der Waals surface area contributed by atoms with Crippen LogP contribution in [-0.2, 0) is 19.5 Å². The number of sulfone groups is 1. The zero-order valence-electron chi connectivity index (χ0n) is 18.4. The highest BCUT2D eigenvalue weighted by Crippen LogP contribution is 2.35. The van der Waals surface area contributed by atoms with E-state index >= 15 is 0 Å². The van der Waals surface area contributed by atoms with Gasteiger partial charge in [-0.1, -0.05) is 30.3 Å². The van der Waals surface area contributed by atoms with Crippen molar-refractivity contribution in [3.05, 3.63) is 65.4 Å². The zero-order chi connectivity index (χ0) is 23.3. The molecule has 7 nitrogen and oxygen atoms in total. The fraction of sp³-hybridized carbons (Fsp3) is 0.333. The van der Waals surface area contributed by atoms with Crippen LogP contribution in [0.3, 0.4) is 0 Å². The zero-order valence-corrected chi connectivity index (χ0v) is 19.2. The molecular weight excluding hydrogens is 430 g/mol. The maximum atomic E-state index is 12.7. The second kappa shape index (κ2) is 9.99. The van der Waals surface area contributed by atoms with Crippen molar-refractivity contribution in [3.63, 3.8) is 0 Å². The fourth-order valence-corrected chi connectivity index (χ4v) is 4.26. The number of ether oxygens (including phenoxy) is 1. The average molecular weight is 458 g/mol. The third kappa shape index (κ3) is 5.56. The number of hydrogen-bond acceptors (Lipinski definition) is 7. The van der Waals surface area contributed by atoms with Crippen LogP contribution in [0.1, 0.15) is 44.6 Å². The van der Waals surface area contributed by atoms with Gasteiger partial charge in [-0.3, -0.25) is 4.79 Å². The molecule has 170 valence electrons. The molecule has 2 aromatic carbocycles. The first kappa shape index (κ1) is 23.5. The maximum absolute atomic E-state index is 12.7. The molecule has 3 rings (SSSR count). The highest BCUT2D eigenvalue weighted by atomic mass is 32.2. The SMILES string of the molecule is CCO/N=C(/CC)C1=C(O)CC(c2ccc(Oc3cccc(S(C)(=O)=O)c3)cc2)CC1=O. The minimum atomic E-state index is -3.32. The molecule has 2 aromatic rings. The number of benzene rings is 2. The van der Waals surface area contributed by atoms with E-state index in [4.69, 9.17) is 9.57 Å². The van der Waals surface area contributed by atoms with Crippen molar-refractivity contribution >= 4 is 21.3 Å². The van der Waals surface area contributed by atoms with E-state index in [1.807, 2.05) is 19.1 Å². The number of aliphatic hydroxyl groups excluding tert-OH is 1. The number of aliphatic hydroxyl groups is 1. The lowest BCUT2D eigenvalue weighted by Gasteiger charge is -2.24. The van der Waals surface area contributed by atoms with Crippen molar-refractivity contribution in [2.24, 2.45) is 5.16 Å². The fourth-order valence-electron chi connectivity index (χ4n) is 3.60. The second-order valence-corrected chi connectivity index (χ2v) is 9.59. The van der Waals surface area contributed by atoms with Crippen molar-refractivity contribution in [2.45, 2.75) is 43.9 Å². The topological polar surface area (TPSA) is 102 Å².